The van der Waals surface area contributed by atoms with E-state index in [0.717, 1.165) is 27.9 Å². The van der Waals surface area contributed by atoms with Gasteiger partial charge in [0.1, 0.15) is 6.33 Å². The lowest BCUT2D eigenvalue weighted by atomic mass is 10.3. The summed E-state index contributed by atoms with van der Waals surface area (Å²) in [4.78, 5) is 3.20. The molecule has 3 aromatic rings. The van der Waals surface area contributed by atoms with E-state index in [1.54, 1.807) is 6.33 Å². The van der Waals surface area contributed by atoms with E-state index < -0.39 is 0 Å². The summed E-state index contributed by atoms with van der Waals surface area (Å²) in [5.74, 6) is 0.902. The number of rotatable bonds is 3. The van der Waals surface area contributed by atoms with E-state index in [-0.39, 0.29) is 0 Å². The number of halogens is 1. The Bertz CT molecular complexity index is 785. The normalized spacial score (nSPS) is 11.3. The van der Waals surface area contributed by atoms with Gasteiger partial charge in [0.25, 0.3) is 0 Å². The molecule has 0 radical (unpaired) electrons. The number of nitrogens with zero attached hydrogens (tertiary/aromatic N) is 4. The topological polar surface area (TPSA) is 51.4 Å². The first-order chi connectivity index (χ1) is 9.19. The molecule has 0 aliphatic carbocycles. The summed E-state index contributed by atoms with van der Waals surface area (Å²) in [6, 6.07) is 6.05. The molecule has 1 N–H and O–H groups in total. The molecule has 0 unspecified atom stereocenters. The summed E-state index contributed by atoms with van der Waals surface area (Å²) in [6.07, 6.45) is 1.74. The molecule has 0 atom stereocenters. The van der Waals surface area contributed by atoms with Gasteiger partial charge in [-0.15, -0.1) is 10.2 Å². The van der Waals surface area contributed by atoms with Crippen LogP contribution in [0.15, 0.2) is 29.0 Å². The van der Waals surface area contributed by atoms with E-state index in [0.29, 0.717) is 11.3 Å². The third kappa shape index (κ3) is 2.23. The lowest BCUT2D eigenvalue weighted by Crippen LogP contribution is -2.07. The van der Waals surface area contributed by atoms with Crippen LogP contribution < -0.4 is 0 Å². The fraction of sp³-hybridized carbons (Fsp3) is 0.250. The predicted octanol–water partition coefficient (Wildman–Crippen LogP) is 3.12. The standard InChI is InChI=1S/C12H12BrN5S/c1-2-17-7-14-16-11(17)6-18-10-5-8(13)3-4-9(10)15-12(18)19/h3-5,7H,2,6H2,1H3,(H,15,19). The van der Waals surface area contributed by atoms with Crippen LogP contribution in [-0.2, 0) is 13.1 Å². The van der Waals surface area contributed by atoms with Crippen molar-refractivity contribution in [2.24, 2.45) is 0 Å². The van der Waals surface area contributed by atoms with Gasteiger partial charge in [0.05, 0.1) is 17.6 Å². The first kappa shape index (κ1) is 12.6. The van der Waals surface area contributed by atoms with Gasteiger partial charge < -0.3 is 14.1 Å². The number of hydrogen-bond donors (Lipinski definition) is 1. The largest absolute Gasteiger partial charge is 0.331 e. The first-order valence-electron chi connectivity index (χ1n) is 5.94. The zero-order valence-corrected chi connectivity index (χ0v) is 12.7. The van der Waals surface area contributed by atoms with Gasteiger partial charge in [-0.1, -0.05) is 15.9 Å². The van der Waals surface area contributed by atoms with E-state index in [9.17, 15) is 0 Å². The maximum atomic E-state index is 5.38. The SMILES string of the molecule is CCn1cnnc1Cn1c(=S)[nH]c2ccc(Br)cc21. The summed E-state index contributed by atoms with van der Waals surface area (Å²) < 4.78 is 5.77. The number of aromatic amines is 1. The minimum atomic E-state index is 0.614. The molecule has 0 aliphatic heterocycles. The summed E-state index contributed by atoms with van der Waals surface area (Å²) in [6.45, 7) is 3.53. The monoisotopic (exact) mass is 337 g/mol. The van der Waals surface area contributed by atoms with Crippen LogP contribution in [0.1, 0.15) is 12.7 Å². The van der Waals surface area contributed by atoms with Gasteiger partial charge in [-0.05, 0) is 37.3 Å². The highest BCUT2D eigenvalue weighted by molar-refractivity contribution is 9.10. The van der Waals surface area contributed by atoms with Crippen molar-refractivity contribution in [2.75, 3.05) is 0 Å². The van der Waals surface area contributed by atoms with Crippen LogP contribution in [0.3, 0.4) is 0 Å². The first-order valence-corrected chi connectivity index (χ1v) is 7.14. The second-order valence-corrected chi connectivity index (χ2v) is 5.51. The Labute approximate surface area is 123 Å². The third-order valence-electron chi connectivity index (χ3n) is 3.07. The van der Waals surface area contributed by atoms with Gasteiger partial charge in [0, 0.05) is 11.0 Å². The average molecular weight is 338 g/mol. The molecular formula is C12H12BrN5S. The Balaban J connectivity index is 2.12. The highest BCUT2D eigenvalue weighted by Gasteiger charge is 2.09. The number of hydrogen-bond acceptors (Lipinski definition) is 3. The molecule has 0 saturated carbocycles. The highest BCUT2D eigenvalue weighted by atomic mass is 79.9. The summed E-state index contributed by atoms with van der Waals surface area (Å²) in [5, 5.41) is 8.10. The van der Waals surface area contributed by atoms with Crippen molar-refractivity contribution < 1.29 is 0 Å². The fourth-order valence-electron chi connectivity index (χ4n) is 2.09. The molecule has 2 heterocycles. The molecule has 0 saturated heterocycles. The molecule has 5 nitrogen and oxygen atoms in total. The zero-order valence-electron chi connectivity index (χ0n) is 10.3. The van der Waals surface area contributed by atoms with Crippen molar-refractivity contribution in [3.05, 3.63) is 39.6 Å². The Kier molecular flexibility index (Phi) is 3.24. The number of fused-ring (bicyclic) bond motifs is 1. The Morgan fingerprint density at radius 2 is 2.26 bits per heavy atom. The quantitative estimate of drug-likeness (QED) is 0.747. The minimum Gasteiger partial charge on any atom is -0.331 e. The Morgan fingerprint density at radius 1 is 1.42 bits per heavy atom. The van der Waals surface area contributed by atoms with Crippen molar-refractivity contribution >= 4 is 39.2 Å². The zero-order chi connectivity index (χ0) is 13.4. The van der Waals surface area contributed by atoms with Crippen molar-refractivity contribution in [2.45, 2.75) is 20.0 Å². The molecular weight excluding hydrogens is 326 g/mol. The predicted molar refractivity (Wildman–Crippen MR) is 79.6 cm³/mol. The van der Waals surface area contributed by atoms with Gasteiger partial charge in [0.2, 0.25) is 0 Å². The second kappa shape index (κ2) is 4.90. The van der Waals surface area contributed by atoms with Crippen LogP contribution >= 0.6 is 28.1 Å². The molecule has 0 bridgehead atoms. The Hall–Kier alpha value is -1.47. The third-order valence-corrected chi connectivity index (χ3v) is 3.89. The number of imidazole rings is 1. The van der Waals surface area contributed by atoms with Gasteiger partial charge in [-0.3, -0.25) is 0 Å². The molecule has 19 heavy (non-hydrogen) atoms. The minimum absolute atomic E-state index is 0.614. The molecule has 0 spiro atoms. The Morgan fingerprint density at radius 3 is 3.05 bits per heavy atom. The van der Waals surface area contributed by atoms with E-state index in [4.69, 9.17) is 12.2 Å². The number of H-pyrrole nitrogens is 1. The van der Waals surface area contributed by atoms with E-state index in [1.165, 1.54) is 0 Å². The van der Waals surface area contributed by atoms with Crippen molar-refractivity contribution in [1.29, 1.82) is 0 Å². The van der Waals surface area contributed by atoms with Gasteiger partial charge >= 0.3 is 0 Å². The van der Waals surface area contributed by atoms with E-state index >= 15 is 0 Å². The van der Waals surface area contributed by atoms with E-state index in [1.807, 2.05) is 27.3 Å². The van der Waals surface area contributed by atoms with Crippen LogP contribution in [0.4, 0.5) is 0 Å². The van der Waals surface area contributed by atoms with Crippen LogP contribution in [0.5, 0.6) is 0 Å². The number of benzene rings is 1. The van der Waals surface area contributed by atoms with Crippen LogP contribution in [-0.4, -0.2) is 24.3 Å². The number of nitrogens with one attached hydrogen (secondary N) is 1. The smallest absolute Gasteiger partial charge is 0.178 e. The number of aryl methyl sites for hydroxylation is 1. The van der Waals surface area contributed by atoms with Crippen molar-refractivity contribution in [3.8, 4) is 0 Å². The van der Waals surface area contributed by atoms with Gasteiger partial charge in [0.15, 0.2) is 10.6 Å². The van der Waals surface area contributed by atoms with Crippen LogP contribution in [0.2, 0.25) is 0 Å². The molecule has 1 aromatic carbocycles. The average Bonchev–Trinajstić information content (AvgIpc) is 2.96. The number of aromatic nitrogens is 5. The fourth-order valence-corrected chi connectivity index (χ4v) is 2.71. The lowest BCUT2D eigenvalue weighted by Gasteiger charge is -2.05. The molecule has 7 heteroatoms. The second-order valence-electron chi connectivity index (χ2n) is 4.21. The molecule has 3 rings (SSSR count). The van der Waals surface area contributed by atoms with Crippen molar-refractivity contribution in [3.63, 3.8) is 0 Å². The van der Waals surface area contributed by atoms with Crippen LogP contribution in [0, 0.1) is 4.77 Å². The summed E-state index contributed by atoms with van der Waals surface area (Å²) >= 11 is 8.87. The summed E-state index contributed by atoms with van der Waals surface area (Å²) in [5.41, 5.74) is 2.08. The van der Waals surface area contributed by atoms with Gasteiger partial charge in [-0.25, -0.2) is 0 Å². The maximum absolute atomic E-state index is 5.38. The van der Waals surface area contributed by atoms with E-state index in [2.05, 4.69) is 38.0 Å². The van der Waals surface area contributed by atoms with Gasteiger partial charge in [-0.2, -0.15) is 0 Å². The molecule has 98 valence electrons. The molecule has 0 fully saturated rings. The van der Waals surface area contributed by atoms with Crippen LogP contribution in [0.25, 0.3) is 11.0 Å². The van der Waals surface area contributed by atoms with Crippen molar-refractivity contribution in [1.82, 2.24) is 24.3 Å². The molecule has 2 aromatic heterocycles. The summed E-state index contributed by atoms with van der Waals surface area (Å²) in [7, 11) is 0. The molecule has 0 amide bonds. The lowest BCUT2D eigenvalue weighted by molar-refractivity contribution is 0.655. The highest BCUT2D eigenvalue weighted by Crippen LogP contribution is 2.20. The maximum Gasteiger partial charge on any atom is 0.178 e. The molecule has 0 aliphatic rings.